The molecule has 0 saturated heterocycles. The summed E-state index contributed by atoms with van der Waals surface area (Å²) in [4.78, 5) is 5.37. The van der Waals surface area contributed by atoms with Gasteiger partial charge in [0.25, 0.3) is 0 Å². The van der Waals surface area contributed by atoms with Crippen LogP contribution in [0.5, 0.6) is 0 Å². The van der Waals surface area contributed by atoms with Crippen LogP contribution in [-0.4, -0.2) is 35.2 Å². The highest BCUT2D eigenvalue weighted by Gasteiger charge is 2.37. The van der Waals surface area contributed by atoms with E-state index in [0.29, 0.717) is 6.61 Å². The highest BCUT2D eigenvalue weighted by molar-refractivity contribution is 5.08. The van der Waals surface area contributed by atoms with Crippen molar-refractivity contribution in [1.82, 2.24) is 9.88 Å². The Morgan fingerprint density at radius 1 is 1.53 bits per heavy atom. The monoisotopic (exact) mass is 208 g/mol. The number of hydrogen-bond donors (Lipinski definition) is 2. The van der Waals surface area contributed by atoms with E-state index >= 15 is 0 Å². The number of rotatable bonds is 5. The second-order valence-corrected chi connectivity index (χ2v) is 4.90. The summed E-state index contributed by atoms with van der Waals surface area (Å²) < 4.78 is 0. The number of nitrogens with zero attached hydrogens (tertiary/aromatic N) is 1. The van der Waals surface area contributed by atoms with Crippen LogP contribution in [-0.2, 0) is 6.54 Å². The van der Waals surface area contributed by atoms with E-state index in [0.717, 1.165) is 13.1 Å². The minimum absolute atomic E-state index is 0.199. The van der Waals surface area contributed by atoms with E-state index in [4.69, 9.17) is 0 Å². The van der Waals surface area contributed by atoms with Crippen molar-refractivity contribution < 1.29 is 5.11 Å². The molecule has 15 heavy (non-hydrogen) atoms. The van der Waals surface area contributed by atoms with E-state index in [1.165, 1.54) is 24.8 Å². The Bertz CT molecular complexity index is 285. The van der Waals surface area contributed by atoms with Gasteiger partial charge in [0.2, 0.25) is 0 Å². The van der Waals surface area contributed by atoms with Gasteiger partial charge in [0, 0.05) is 37.5 Å². The Morgan fingerprint density at radius 2 is 2.33 bits per heavy atom. The first kappa shape index (κ1) is 10.7. The fraction of sp³-hybridized carbons (Fsp3) is 0.667. The smallest absolute Gasteiger partial charge is 0.0499 e. The number of aliphatic hydroxyl groups excluding tert-OH is 1. The lowest BCUT2D eigenvalue weighted by molar-refractivity contribution is 0.0127. The minimum Gasteiger partial charge on any atom is -0.396 e. The van der Waals surface area contributed by atoms with Crippen molar-refractivity contribution in [3.8, 4) is 0 Å². The molecule has 2 N–H and O–H groups in total. The summed E-state index contributed by atoms with van der Waals surface area (Å²) >= 11 is 0. The van der Waals surface area contributed by atoms with Crippen molar-refractivity contribution >= 4 is 0 Å². The topological polar surface area (TPSA) is 39.3 Å². The zero-order chi connectivity index (χ0) is 10.7. The second kappa shape index (κ2) is 4.37. The third-order valence-electron chi connectivity index (χ3n) is 3.47. The lowest BCUT2D eigenvalue weighted by Gasteiger charge is -2.43. The zero-order valence-corrected chi connectivity index (χ0v) is 9.37. The average Bonchev–Trinajstić information content (AvgIpc) is 2.64. The van der Waals surface area contributed by atoms with Crippen molar-refractivity contribution in [2.45, 2.75) is 25.8 Å². The summed E-state index contributed by atoms with van der Waals surface area (Å²) in [6.45, 7) is 2.31. The Morgan fingerprint density at radius 3 is 2.80 bits per heavy atom. The van der Waals surface area contributed by atoms with E-state index < -0.39 is 0 Å². The van der Waals surface area contributed by atoms with Gasteiger partial charge in [0.05, 0.1) is 0 Å². The molecule has 0 aromatic carbocycles. The van der Waals surface area contributed by atoms with E-state index in [-0.39, 0.29) is 5.41 Å². The minimum atomic E-state index is 0.199. The van der Waals surface area contributed by atoms with Crippen LogP contribution in [0.3, 0.4) is 0 Å². The van der Waals surface area contributed by atoms with Crippen molar-refractivity contribution in [2.24, 2.45) is 5.41 Å². The van der Waals surface area contributed by atoms with Crippen LogP contribution < -0.4 is 0 Å². The molecular weight excluding hydrogens is 188 g/mol. The van der Waals surface area contributed by atoms with E-state index in [9.17, 15) is 5.11 Å². The van der Waals surface area contributed by atoms with Gasteiger partial charge in [-0.2, -0.15) is 0 Å². The fourth-order valence-corrected chi connectivity index (χ4v) is 2.44. The predicted octanol–water partition coefficient (Wildman–Crippen LogP) is 1.61. The quantitative estimate of drug-likeness (QED) is 0.771. The molecule has 1 aromatic rings. The SMILES string of the molecule is CN(Cc1cc[nH]c1)CC1(CO)CCC1. The molecule has 1 aliphatic carbocycles. The maximum absolute atomic E-state index is 9.38. The summed E-state index contributed by atoms with van der Waals surface area (Å²) in [5.41, 5.74) is 1.51. The number of aliphatic hydroxyl groups is 1. The van der Waals surface area contributed by atoms with Crippen molar-refractivity contribution in [2.75, 3.05) is 20.2 Å². The summed E-state index contributed by atoms with van der Waals surface area (Å²) in [7, 11) is 2.13. The highest BCUT2D eigenvalue weighted by Crippen LogP contribution is 2.40. The summed E-state index contributed by atoms with van der Waals surface area (Å²) in [5, 5.41) is 9.38. The molecular formula is C12H20N2O. The van der Waals surface area contributed by atoms with Gasteiger partial charge in [-0.1, -0.05) is 6.42 Å². The van der Waals surface area contributed by atoms with Crippen LogP contribution >= 0.6 is 0 Å². The lowest BCUT2D eigenvalue weighted by Crippen LogP contribution is -2.43. The molecule has 1 fully saturated rings. The van der Waals surface area contributed by atoms with Gasteiger partial charge in [-0.05, 0) is 31.5 Å². The molecule has 0 atom stereocenters. The van der Waals surface area contributed by atoms with Crippen molar-refractivity contribution in [3.63, 3.8) is 0 Å². The van der Waals surface area contributed by atoms with Crippen LogP contribution in [0.2, 0.25) is 0 Å². The molecule has 0 radical (unpaired) electrons. The third-order valence-corrected chi connectivity index (χ3v) is 3.47. The Labute approximate surface area is 91.1 Å². The number of aromatic nitrogens is 1. The normalized spacial score (nSPS) is 19.1. The van der Waals surface area contributed by atoms with Gasteiger partial charge in [0.15, 0.2) is 0 Å². The largest absolute Gasteiger partial charge is 0.396 e. The maximum Gasteiger partial charge on any atom is 0.0499 e. The van der Waals surface area contributed by atoms with Crippen molar-refractivity contribution in [3.05, 3.63) is 24.0 Å². The zero-order valence-electron chi connectivity index (χ0n) is 9.37. The van der Waals surface area contributed by atoms with Gasteiger partial charge in [0.1, 0.15) is 0 Å². The number of H-pyrrole nitrogens is 1. The molecule has 1 heterocycles. The summed E-state index contributed by atoms with van der Waals surface area (Å²) in [6, 6.07) is 2.10. The molecule has 1 aliphatic rings. The van der Waals surface area contributed by atoms with Crippen LogP contribution in [0.1, 0.15) is 24.8 Å². The van der Waals surface area contributed by atoms with Gasteiger partial charge in [-0.25, -0.2) is 0 Å². The van der Waals surface area contributed by atoms with E-state index in [2.05, 4.69) is 23.0 Å². The van der Waals surface area contributed by atoms with Gasteiger partial charge in [-0.15, -0.1) is 0 Å². The van der Waals surface area contributed by atoms with Crippen LogP contribution in [0.4, 0.5) is 0 Å². The number of hydrogen-bond acceptors (Lipinski definition) is 2. The van der Waals surface area contributed by atoms with E-state index in [1.54, 1.807) is 0 Å². The Balaban J connectivity index is 1.84. The Kier molecular flexibility index (Phi) is 3.12. The second-order valence-electron chi connectivity index (χ2n) is 4.90. The highest BCUT2D eigenvalue weighted by atomic mass is 16.3. The van der Waals surface area contributed by atoms with Gasteiger partial charge in [-0.3, -0.25) is 0 Å². The van der Waals surface area contributed by atoms with Crippen LogP contribution in [0.15, 0.2) is 18.5 Å². The van der Waals surface area contributed by atoms with Crippen molar-refractivity contribution in [1.29, 1.82) is 0 Å². The molecule has 3 nitrogen and oxygen atoms in total. The molecule has 0 aliphatic heterocycles. The fourth-order valence-electron chi connectivity index (χ4n) is 2.44. The van der Waals surface area contributed by atoms with Gasteiger partial charge < -0.3 is 15.0 Å². The van der Waals surface area contributed by atoms with Crippen LogP contribution in [0, 0.1) is 5.41 Å². The summed E-state index contributed by atoms with van der Waals surface area (Å²) in [6.07, 6.45) is 7.62. The molecule has 84 valence electrons. The molecule has 2 rings (SSSR count). The molecule has 1 aromatic heterocycles. The maximum atomic E-state index is 9.38. The first-order valence-corrected chi connectivity index (χ1v) is 5.65. The standard InChI is InChI=1S/C12H20N2O/c1-14(8-11-3-6-13-7-11)9-12(10-15)4-2-5-12/h3,6-7,13,15H,2,4-5,8-10H2,1H3. The third kappa shape index (κ3) is 2.41. The number of nitrogens with one attached hydrogen (secondary N) is 1. The molecule has 0 spiro atoms. The summed E-state index contributed by atoms with van der Waals surface area (Å²) in [5.74, 6) is 0. The molecule has 0 bridgehead atoms. The first-order valence-electron chi connectivity index (χ1n) is 5.65. The predicted molar refractivity (Wildman–Crippen MR) is 60.5 cm³/mol. The van der Waals surface area contributed by atoms with Crippen LogP contribution in [0.25, 0.3) is 0 Å². The Hall–Kier alpha value is -0.800. The molecule has 3 heteroatoms. The lowest BCUT2D eigenvalue weighted by atomic mass is 9.69. The number of aromatic amines is 1. The van der Waals surface area contributed by atoms with E-state index in [1.807, 2.05) is 12.4 Å². The first-order chi connectivity index (χ1) is 7.24. The molecule has 0 unspecified atom stereocenters. The molecule has 0 amide bonds. The molecule has 1 saturated carbocycles. The van der Waals surface area contributed by atoms with Gasteiger partial charge >= 0.3 is 0 Å². The average molecular weight is 208 g/mol.